The number of nitrogens with two attached hydrogens (primary N) is 1. The highest BCUT2D eigenvalue weighted by atomic mass is 32.2. The molecule has 4 N–H and O–H groups in total. The lowest BCUT2D eigenvalue weighted by Crippen LogP contribution is -2.14. The average molecular weight is 423 g/mol. The Morgan fingerprint density at radius 3 is 2.70 bits per heavy atom. The van der Waals surface area contributed by atoms with Gasteiger partial charge < -0.3 is 15.4 Å². The van der Waals surface area contributed by atoms with Crippen LogP contribution in [0.5, 0.6) is 0 Å². The van der Waals surface area contributed by atoms with Crippen LogP contribution < -0.4 is 10.5 Å². The van der Waals surface area contributed by atoms with E-state index in [9.17, 15) is 10.4 Å². The van der Waals surface area contributed by atoms with E-state index < -0.39 is 0 Å². The molecule has 7 nitrogen and oxygen atoms in total. The number of hydrogen-bond donors (Lipinski definition) is 3. The lowest BCUT2D eigenvalue weighted by molar-refractivity contribution is 0.280. The van der Waals surface area contributed by atoms with Crippen LogP contribution in [-0.4, -0.2) is 32.3 Å². The van der Waals surface area contributed by atoms with Gasteiger partial charge >= 0.3 is 0 Å². The quantitative estimate of drug-likeness (QED) is 0.373. The van der Waals surface area contributed by atoms with Crippen LogP contribution in [0.2, 0.25) is 0 Å². The Morgan fingerprint density at radius 2 is 2.07 bits per heavy atom. The maximum absolute atomic E-state index is 9.71. The minimum atomic E-state index is 0.0536. The summed E-state index contributed by atoms with van der Waals surface area (Å²) in [6, 6.07) is 10.7. The summed E-state index contributed by atoms with van der Waals surface area (Å²) in [5.41, 5.74) is 10.8. The Labute approximate surface area is 180 Å². The van der Waals surface area contributed by atoms with Crippen LogP contribution in [-0.2, 0) is 6.54 Å². The maximum atomic E-state index is 9.71. The molecule has 156 valence electrons. The molecule has 0 aliphatic rings. The minimum absolute atomic E-state index is 0.0536. The Kier molecular flexibility index (Phi) is 7.11. The number of rotatable bonds is 8. The second-order valence-corrected chi connectivity index (χ2v) is 8.19. The van der Waals surface area contributed by atoms with E-state index in [1.165, 1.54) is 18.3 Å². The van der Waals surface area contributed by atoms with Crippen molar-refractivity contribution in [2.24, 2.45) is 0 Å². The van der Waals surface area contributed by atoms with Crippen LogP contribution in [0.3, 0.4) is 0 Å². The molecule has 3 rings (SSSR count). The summed E-state index contributed by atoms with van der Waals surface area (Å²) < 4.78 is 5.22. The van der Waals surface area contributed by atoms with Gasteiger partial charge in [-0.05, 0) is 50.8 Å². The van der Waals surface area contributed by atoms with E-state index in [4.69, 9.17) is 5.73 Å². The zero-order chi connectivity index (χ0) is 21.7. The summed E-state index contributed by atoms with van der Waals surface area (Å²) in [6.07, 6.45) is 3.86. The molecule has 0 saturated carbocycles. The van der Waals surface area contributed by atoms with Gasteiger partial charge in [-0.2, -0.15) is 5.26 Å². The van der Waals surface area contributed by atoms with E-state index in [-0.39, 0.29) is 12.6 Å². The van der Waals surface area contributed by atoms with Crippen molar-refractivity contribution in [3.63, 3.8) is 0 Å². The van der Waals surface area contributed by atoms with Crippen molar-refractivity contribution in [1.29, 1.82) is 5.26 Å². The number of nitrogens with one attached hydrogen (secondary N) is 1. The molecule has 0 bridgehead atoms. The van der Waals surface area contributed by atoms with Crippen molar-refractivity contribution in [2.75, 3.05) is 12.3 Å². The van der Waals surface area contributed by atoms with E-state index in [0.717, 1.165) is 27.8 Å². The number of nitriles is 1. The number of allylic oxidation sites excluding steroid dienone is 1. The molecule has 0 fully saturated rings. The zero-order valence-electron chi connectivity index (χ0n) is 17.4. The van der Waals surface area contributed by atoms with Gasteiger partial charge in [-0.3, -0.25) is 4.72 Å². The van der Waals surface area contributed by atoms with Crippen LogP contribution in [0.25, 0.3) is 28.2 Å². The van der Waals surface area contributed by atoms with Crippen molar-refractivity contribution in [3.8, 4) is 17.2 Å². The molecule has 0 saturated heterocycles. The lowest BCUT2D eigenvalue weighted by atomic mass is 10.0. The molecule has 0 spiro atoms. The SMILES string of the molecule is Cc1ccc(-c2c(/C=C(\C#N)SNC(C)C)n(CCCO)c3ncnc(N)c23)cc1. The fraction of sp³-hybridized carbons (Fsp3) is 0.318. The van der Waals surface area contributed by atoms with Gasteiger partial charge in [0.25, 0.3) is 0 Å². The third-order valence-electron chi connectivity index (χ3n) is 4.57. The van der Waals surface area contributed by atoms with Crippen molar-refractivity contribution >= 4 is 34.9 Å². The first-order valence-electron chi connectivity index (χ1n) is 9.81. The monoisotopic (exact) mass is 422 g/mol. The van der Waals surface area contributed by atoms with Crippen molar-refractivity contribution < 1.29 is 5.11 Å². The number of hydrogen-bond acceptors (Lipinski definition) is 7. The van der Waals surface area contributed by atoms with E-state index in [2.05, 4.69) is 20.8 Å². The Morgan fingerprint density at radius 1 is 1.33 bits per heavy atom. The standard InChI is InChI=1S/C22H26N6OS/c1-14(2)27-30-17(12-23)11-18-19(16-7-5-15(3)6-8-16)20-21(24)25-13-26-22(20)28(18)9-4-10-29/h5-8,11,13-14,27,29H,4,9-10H2,1-3H3,(H2,24,25,26)/b17-11+. The molecular formula is C22H26N6OS. The number of aryl methyl sites for hydroxylation is 2. The van der Waals surface area contributed by atoms with Gasteiger partial charge in [-0.25, -0.2) is 9.97 Å². The summed E-state index contributed by atoms with van der Waals surface area (Å²) in [4.78, 5) is 9.21. The van der Waals surface area contributed by atoms with E-state index in [1.54, 1.807) is 0 Å². The fourth-order valence-electron chi connectivity index (χ4n) is 3.22. The van der Waals surface area contributed by atoms with Gasteiger partial charge in [0.05, 0.1) is 11.1 Å². The van der Waals surface area contributed by atoms with Crippen LogP contribution in [0.15, 0.2) is 35.5 Å². The van der Waals surface area contributed by atoms with E-state index >= 15 is 0 Å². The second kappa shape index (κ2) is 9.76. The molecule has 2 aromatic heterocycles. The predicted molar refractivity (Wildman–Crippen MR) is 123 cm³/mol. The molecule has 0 amide bonds. The van der Waals surface area contributed by atoms with Crippen LogP contribution in [0, 0.1) is 18.3 Å². The Balaban J connectivity index is 2.31. The Bertz CT molecular complexity index is 1100. The van der Waals surface area contributed by atoms with Gasteiger partial charge in [-0.1, -0.05) is 29.8 Å². The van der Waals surface area contributed by atoms with Gasteiger partial charge in [0, 0.05) is 24.8 Å². The van der Waals surface area contributed by atoms with Crippen molar-refractivity contribution in [3.05, 3.63) is 46.8 Å². The first-order valence-corrected chi connectivity index (χ1v) is 10.6. The highest BCUT2D eigenvalue weighted by molar-refractivity contribution is 8.01. The van der Waals surface area contributed by atoms with Gasteiger partial charge in [0.15, 0.2) is 0 Å². The van der Waals surface area contributed by atoms with Crippen molar-refractivity contribution in [1.82, 2.24) is 19.3 Å². The number of aromatic nitrogens is 3. The largest absolute Gasteiger partial charge is 0.396 e. The smallest absolute Gasteiger partial charge is 0.146 e. The summed E-state index contributed by atoms with van der Waals surface area (Å²) in [5, 5.41) is 19.9. The van der Waals surface area contributed by atoms with Crippen LogP contribution >= 0.6 is 11.9 Å². The molecular weight excluding hydrogens is 396 g/mol. The molecule has 3 aromatic rings. The zero-order valence-corrected chi connectivity index (χ0v) is 18.2. The third kappa shape index (κ3) is 4.65. The third-order valence-corrected chi connectivity index (χ3v) is 5.59. The normalized spacial score (nSPS) is 11.9. The van der Waals surface area contributed by atoms with Crippen LogP contribution in [0.1, 0.15) is 31.5 Å². The van der Waals surface area contributed by atoms with Gasteiger partial charge in [0.1, 0.15) is 28.8 Å². The van der Waals surface area contributed by atoms with Gasteiger partial charge in [0.2, 0.25) is 0 Å². The van der Waals surface area contributed by atoms with Gasteiger partial charge in [-0.15, -0.1) is 0 Å². The summed E-state index contributed by atoms with van der Waals surface area (Å²) in [7, 11) is 0. The Hall–Kier alpha value is -2.86. The van der Waals surface area contributed by atoms with Crippen LogP contribution in [0.4, 0.5) is 5.82 Å². The van der Waals surface area contributed by atoms with E-state index in [0.29, 0.717) is 29.3 Å². The number of benzene rings is 1. The molecule has 0 aliphatic carbocycles. The first kappa shape index (κ1) is 21.8. The number of aliphatic hydroxyl groups excluding tert-OH is 1. The van der Waals surface area contributed by atoms with Crippen molar-refractivity contribution in [2.45, 2.75) is 39.8 Å². The second-order valence-electron chi connectivity index (χ2n) is 7.31. The highest BCUT2D eigenvalue weighted by Gasteiger charge is 2.21. The molecule has 0 unspecified atom stereocenters. The first-order chi connectivity index (χ1) is 14.5. The summed E-state index contributed by atoms with van der Waals surface area (Å²) in [5.74, 6) is 0.388. The molecule has 30 heavy (non-hydrogen) atoms. The number of aliphatic hydroxyl groups is 1. The number of nitrogen functional groups attached to an aromatic ring is 1. The minimum Gasteiger partial charge on any atom is -0.396 e. The summed E-state index contributed by atoms with van der Waals surface area (Å²) >= 11 is 1.30. The molecule has 0 atom stereocenters. The molecule has 1 aromatic carbocycles. The van der Waals surface area contributed by atoms with E-state index in [1.807, 2.05) is 55.7 Å². The predicted octanol–water partition coefficient (Wildman–Crippen LogP) is 3.88. The number of anilines is 1. The maximum Gasteiger partial charge on any atom is 0.146 e. The number of nitrogens with zero attached hydrogens (tertiary/aromatic N) is 4. The average Bonchev–Trinajstić information content (AvgIpc) is 3.04. The topological polar surface area (TPSA) is 113 Å². The molecule has 2 heterocycles. The lowest BCUT2D eigenvalue weighted by Gasteiger charge is -2.10. The fourth-order valence-corrected chi connectivity index (χ4v) is 3.80. The summed E-state index contributed by atoms with van der Waals surface area (Å²) in [6.45, 7) is 6.68. The molecule has 0 radical (unpaired) electrons. The molecule has 0 aliphatic heterocycles. The highest BCUT2D eigenvalue weighted by Crippen LogP contribution is 2.38. The number of fused-ring (bicyclic) bond motifs is 1. The molecule has 8 heteroatoms.